The number of methoxy groups -OCH3 is 2. The molecule has 0 bridgehead atoms. The number of amides is 1. The van der Waals surface area contributed by atoms with Gasteiger partial charge in [-0.25, -0.2) is 5.06 Å². The van der Waals surface area contributed by atoms with Crippen LogP contribution in [0.2, 0.25) is 0 Å². The van der Waals surface area contributed by atoms with Crippen molar-refractivity contribution in [1.82, 2.24) is 5.06 Å². The van der Waals surface area contributed by atoms with Gasteiger partial charge in [-0.2, -0.15) is 0 Å². The Morgan fingerprint density at radius 1 is 1.10 bits per heavy atom. The molecular weight excluding hydrogens is 402 g/mol. The predicted octanol–water partition coefficient (Wildman–Crippen LogP) is 2.95. The summed E-state index contributed by atoms with van der Waals surface area (Å²) in [6.07, 6.45) is 0.289. The molecule has 8 heteroatoms. The van der Waals surface area contributed by atoms with Gasteiger partial charge in [0, 0.05) is 14.2 Å². The largest absolute Gasteiger partial charge is 0.497 e. The van der Waals surface area contributed by atoms with Crippen LogP contribution >= 0.6 is 0 Å². The number of rotatable bonds is 15. The lowest BCUT2D eigenvalue weighted by molar-refractivity contribution is -0.176. The second kappa shape index (κ2) is 14.9. The number of carbonyl (C=O) groups excluding carboxylic acids is 1. The highest BCUT2D eigenvalue weighted by molar-refractivity contribution is 5.77. The summed E-state index contributed by atoms with van der Waals surface area (Å²) in [7, 11) is 6.15. The molecule has 0 aliphatic heterocycles. The highest BCUT2D eigenvalue weighted by Crippen LogP contribution is 2.19. The minimum Gasteiger partial charge on any atom is -0.497 e. The minimum atomic E-state index is -0.776. The van der Waals surface area contributed by atoms with Crippen LogP contribution in [0.5, 0.6) is 5.75 Å². The van der Waals surface area contributed by atoms with Crippen molar-refractivity contribution in [2.45, 2.75) is 39.4 Å². The molecule has 1 aromatic carbocycles. The maximum absolute atomic E-state index is 12.2. The zero-order chi connectivity index (χ0) is 23.2. The van der Waals surface area contributed by atoms with Crippen LogP contribution in [0.15, 0.2) is 35.4 Å². The van der Waals surface area contributed by atoms with Crippen molar-refractivity contribution in [3.05, 3.63) is 41.0 Å². The summed E-state index contributed by atoms with van der Waals surface area (Å²) in [6, 6.07) is 7.71. The van der Waals surface area contributed by atoms with E-state index in [9.17, 15) is 9.90 Å². The molecule has 31 heavy (non-hydrogen) atoms. The van der Waals surface area contributed by atoms with Crippen LogP contribution in [0, 0.1) is 5.92 Å². The molecule has 1 aromatic rings. The maximum Gasteiger partial charge on any atom is 0.251 e. The summed E-state index contributed by atoms with van der Waals surface area (Å²) in [4.78, 5) is 17.1. The first kappa shape index (κ1) is 27.1. The lowest BCUT2D eigenvalue weighted by atomic mass is 9.96. The van der Waals surface area contributed by atoms with Gasteiger partial charge in [0.2, 0.25) is 0 Å². The van der Waals surface area contributed by atoms with E-state index in [2.05, 4.69) is 0 Å². The van der Waals surface area contributed by atoms with Gasteiger partial charge in [-0.3, -0.25) is 9.63 Å². The van der Waals surface area contributed by atoms with Crippen molar-refractivity contribution in [2.75, 3.05) is 48.4 Å². The topological polar surface area (TPSA) is 86.7 Å². The molecule has 0 saturated heterocycles. The highest BCUT2D eigenvalue weighted by atomic mass is 16.7. The van der Waals surface area contributed by atoms with Crippen LogP contribution in [0.1, 0.15) is 32.3 Å². The van der Waals surface area contributed by atoms with Crippen LogP contribution in [0.25, 0.3) is 0 Å². The zero-order valence-corrected chi connectivity index (χ0v) is 19.6. The standard InChI is InChI=1S/C23H37NO7/c1-17(7-12-22(25)18(2)23(26)24(3)29-6)20(15-31-16-27-4)14-30-13-19-8-10-21(28-5)11-9-19/h8-11,18,22,25H,7,12-16H2,1-6H3/b20-17-/t18-,22+/m1/s1. The third-order valence-corrected chi connectivity index (χ3v) is 5.15. The maximum atomic E-state index is 12.2. The van der Waals surface area contributed by atoms with E-state index in [4.69, 9.17) is 23.8 Å². The molecule has 2 atom stereocenters. The molecule has 0 radical (unpaired) electrons. The van der Waals surface area contributed by atoms with Gasteiger partial charge >= 0.3 is 0 Å². The van der Waals surface area contributed by atoms with Gasteiger partial charge in [0.25, 0.3) is 5.91 Å². The monoisotopic (exact) mass is 439 g/mol. The van der Waals surface area contributed by atoms with Gasteiger partial charge in [-0.05, 0) is 43.0 Å². The number of nitrogens with zero attached hydrogens (tertiary/aromatic N) is 1. The molecule has 0 unspecified atom stereocenters. The average Bonchev–Trinajstić information content (AvgIpc) is 2.80. The first-order valence-corrected chi connectivity index (χ1v) is 10.3. The van der Waals surface area contributed by atoms with Gasteiger partial charge in [0.15, 0.2) is 0 Å². The fraction of sp³-hybridized carbons (Fsp3) is 0.609. The van der Waals surface area contributed by atoms with Gasteiger partial charge in [-0.1, -0.05) is 24.6 Å². The number of hydrogen-bond donors (Lipinski definition) is 1. The van der Waals surface area contributed by atoms with E-state index in [-0.39, 0.29) is 12.7 Å². The van der Waals surface area contributed by atoms with E-state index in [1.807, 2.05) is 31.2 Å². The smallest absolute Gasteiger partial charge is 0.251 e. The van der Waals surface area contributed by atoms with Crippen molar-refractivity contribution in [3.63, 3.8) is 0 Å². The molecule has 0 saturated carbocycles. The first-order chi connectivity index (χ1) is 14.8. The second-order valence-corrected chi connectivity index (χ2v) is 7.39. The minimum absolute atomic E-state index is 0.187. The third kappa shape index (κ3) is 9.80. The van der Waals surface area contributed by atoms with E-state index in [1.54, 1.807) is 21.1 Å². The van der Waals surface area contributed by atoms with Gasteiger partial charge < -0.3 is 24.1 Å². The molecule has 1 N–H and O–H groups in total. The van der Waals surface area contributed by atoms with Crippen LogP contribution in [-0.4, -0.2) is 70.6 Å². The van der Waals surface area contributed by atoms with E-state index < -0.39 is 12.0 Å². The Labute approximate surface area is 185 Å². The highest BCUT2D eigenvalue weighted by Gasteiger charge is 2.25. The summed E-state index contributed by atoms with van der Waals surface area (Å²) >= 11 is 0. The molecule has 0 aliphatic rings. The van der Waals surface area contributed by atoms with E-state index in [0.717, 1.165) is 27.5 Å². The lowest BCUT2D eigenvalue weighted by Crippen LogP contribution is -2.36. The zero-order valence-electron chi connectivity index (χ0n) is 19.6. The number of carbonyl (C=O) groups is 1. The number of aliphatic hydroxyl groups excluding tert-OH is 1. The van der Waals surface area contributed by atoms with E-state index in [1.165, 1.54) is 14.2 Å². The number of aliphatic hydroxyl groups is 1. The molecule has 176 valence electrons. The molecule has 0 heterocycles. The van der Waals surface area contributed by atoms with Crippen LogP contribution in [-0.2, 0) is 30.4 Å². The quantitative estimate of drug-likeness (QED) is 0.195. The average molecular weight is 440 g/mol. The molecule has 1 amide bonds. The van der Waals surface area contributed by atoms with Crippen LogP contribution in [0.3, 0.4) is 0 Å². The Morgan fingerprint density at radius 3 is 2.32 bits per heavy atom. The number of allylic oxidation sites excluding steroid dienone is 1. The number of hydrogen-bond acceptors (Lipinski definition) is 7. The Hall–Kier alpha value is -1.97. The van der Waals surface area contributed by atoms with Crippen molar-refractivity contribution in [1.29, 1.82) is 0 Å². The summed E-state index contributed by atoms with van der Waals surface area (Å²) in [5.41, 5.74) is 3.09. The normalized spacial score (nSPS) is 14.0. The Bertz CT molecular complexity index is 675. The molecule has 0 aliphatic carbocycles. The van der Waals surface area contributed by atoms with E-state index in [0.29, 0.717) is 32.7 Å². The van der Waals surface area contributed by atoms with Crippen molar-refractivity contribution in [2.24, 2.45) is 5.92 Å². The van der Waals surface area contributed by atoms with Gasteiger partial charge in [-0.15, -0.1) is 0 Å². The summed E-state index contributed by atoms with van der Waals surface area (Å²) in [6.45, 7) is 5.11. The summed E-state index contributed by atoms with van der Waals surface area (Å²) < 4.78 is 21.5. The van der Waals surface area contributed by atoms with Crippen molar-refractivity contribution < 1.29 is 33.7 Å². The Kier molecular flexibility index (Phi) is 13.0. The molecule has 1 rings (SSSR count). The van der Waals surface area contributed by atoms with Crippen LogP contribution in [0.4, 0.5) is 0 Å². The number of hydroxylamine groups is 2. The lowest BCUT2D eigenvalue weighted by Gasteiger charge is -2.23. The number of benzene rings is 1. The SMILES string of the molecule is COCOC/C(COCc1ccc(OC)cc1)=C(/C)CC[C@H](O)[C@@H](C)C(=O)N(C)OC. The molecule has 0 aromatic heterocycles. The fourth-order valence-corrected chi connectivity index (χ4v) is 2.88. The molecular formula is C23H37NO7. The van der Waals surface area contributed by atoms with Gasteiger partial charge in [0.1, 0.15) is 12.5 Å². The molecule has 0 fully saturated rings. The number of ether oxygens (including phenoxy) is 4. The van der Waals surface area contributed by atoms with E-state index >= 15 is 0 Å². The predicted molar refractivity (Wildman–Crippen MR) is 117 cm³/mol. The van der Waals surface area contributed by atoms with Crippen molar-refractivity contribution >= 4 is 5.91 Å². The fourth-order valence-electron chi connectivity index (χ4n) is 2.88. The molecule has 8 nitrogen and oxygen atoms in total. The first-order valence-electron chi connectivity index (χ1n) is 10.3. The van der Waals surface area contributed by atoms with Crippen LogP contribution < -0.4 is 4.74 Å². The Morgan fingerprint density at radius 2 is 1.74 bits per heavy atom. The molecule has 0 spiro atoms. The third-order valence-electron chi connectivity index (χ3n) is 5.15. The Balaban J connectivity index is 2.66. The van der Waals surface area contributed by atoms with Crippen molar-refractivity contribution in [3.8, 4) is 5.75 Å². The van der Waals surface area contributed by atoms with Gasteiger partial charge in [0.05, 0.1) is 46.1 Å². The summed E-state index contributed by atoms with van der Waals surface area (Å²) in [5.74, 6) is -0.0172. The second-order valence-electron chi connectivity index (χ2n) is 7.39. The summed E-state index contributed by atoms with van der Waals surface area (Å²) in [5, 5.41) is 11.6.